The van der Waals surface area contributed by atoms with E-state index in [4.69, 9.17) is 0 Å². The number of hydrogen-bond acceptors (Lipinski definition) is 1. The summed E-state index contributed by atoms with van der Waals surface area (Å²) in [5.41, 5.74) is 15.8. The van der Waals surface area contributed by atoms with Crippen molar-refractivity contribution in [3.63, 3.8) is 0 Å². The van der Waals surface area contributed by atoms with Crippen molar-refractivity contribution in [1.29, 1.82) is 0 Å². The van der Waals surface area contributed by atoms with Crippen molar-refractivity contribution in [3.05, 3.63) is 137 Å². The van der Waals surface area contributed by atoms with Crippen LogP contribution in [0.1, 0.15) is 32.3 Å². The first-order valence-electron chi connectivity index (χ1n) is 15.3. The molecule has 0 fully saturated rings. The van der Waals surface area contributed by atoms with E-state index < -0.39 is 0 Å². The van der Waals surface area contributed by atoms with Crippen LogP contribution in [-0.4, -0.2) is 11.3 Å². The molecule has 4 heterocycles. The maximum atomic E-state index is 15.5. The first-order chi connectivity index (χ1) is 21.0. The van der Waals surface area contributed by atoms with Gasteiger partial charge in [-0.1, -0.05) is 92.7 Å². The van der Waals surface area contributed by atoms with Gasteiger partial charge in [-0.05, 0) is 76.3 Å². The zero-order chi connectivity index (χ0) is 28.6. The largest absolute Gasteiger partial charge is 0.311 e. The van der Waals surface area contributed by atoms with Gasteiger partial charge in [0.25, 0.3) is 6.71 Å². The summed E-state index contributed by atoms with van der Waals surface area (Å²) in [6, 6.07) is 36.2. The van der Waals surface area contributed by atoms with Crippen LogP contribution in [0.4, 0.5) is 15.8 Å². The topological polar surface area (TPSA) is 8.17 Å². The number of fused-ring (bicyclic) bond motifs is 9. The highest BCUT2D eigenvalue weighted by Crippen LogP contribution is 2.55. The highest BCUT2D eigenvalue weighted by Gasteiger charge is 2.49. The van der Waals surface area contributed by atoms with Gasteiger partial charge in [0, 0.05) is 44.3 Å². The molecule has 0 saturated carbocycles. The molecule has 10 rings (SSSR count). The molecule has 0 unspecified atom stereocenters. The normalized spacial score (nSPS) is 17.1. The van der Waals surface area contributed by atoms with Crippen molar-refractivity contribution < 1.29 is 4.39 Å². The van der Waals surface area contributed by atoms with Crippen molar-refractivity contribution >= 4 is 50.8 Å². The Balaban J connectivity index is 1.43. The van der Waals surface area contributed by atoms with Gasteiger partial charge in [0.2, 0.25) is 0 Å². The molecule has 4 aliphatic rings. The molecule has 6 aromatic rings. The second kappa shape index (κ2) is 7.96. The quantitative estimate of drug-likeness (QED) is 0.185. The summed E-state index contributed by atoms with van der Waals surface area (Å²) in [6.07, 6.45) is 4.60. The van der Waals surface area contributed by atoms with Gasteiger partial charge < -0.3 is 9.47 Å². The average molecular weight is 554 g/mol. The predicted molar refractivity (Wildman–Crippen MR) is 177 cm³/mol. The number of hydrogen-bond donors (Lipinski definition) is 0. The van der Waals surface area contributed by atoms with E-state index >= 15 is 4.39 Å². The summed E-state index contributed by atoms with van der Waals surface area (Å²) in [7, 11) is 0. The molecule has 0 radical (unpaired) electrons. The van der Waals surface area contributed by atoms with Gasteiger partial charge in [-0.25, -0.2) is 4.39 Å². The first-order valence-corrected chi connectivity index (χ1v) is 15.3. The molecule has 5 aromatic carbocycles. The smallest absolute Gasteiger partial charge is 0.251 e. The molecular weight excluding hydrogens is 526 g/mol. The third kappa shape index (κ3) is 2.80. The minimum atomic E-state index is -0.195. The van der Waals surface area contributed by atoms with E-state index in [0.717, 1.165) is 29.8 Å². The zero-order valence-corrected chi connectivity index (χ0v) is 24.2. The number of aromatic nitrogens is 1. The maximum absolute atomic E-state index is 15.5. The van der Waals surface area contributed by atoms with E-state index in [-0.39, 0.29) is 17.9 Å². The lowest BCUT2D eigenvalue weighted by Crippen LogP contribution is -2.57. The van der Waals surface area contributed by atoms with Crippen LogP contribution in [0.2, 0.25) is 0 Å². The second-order valence-electron chi connectivity index (χ2n) is 12.9. The highest BCUT2D eigenvalue weighted by molar-refractivity contribution is 6.96. The SMILES string of the molecule is CC1(C)C2=C3C(=CCC2)B2c4c(cc(-c5ccccc5F)cc4-n4c5ccccc5c5cccc2c54)N3c2ccccc21. The number of allylic oxidation sites excluding steroid dienone is 3. The third-order valence-electron chi connectivity index (χ3n) is 10.6. The van der Waals surface area contributed by atoms with E-state index in [0.29, 0.717) is 5.56 Å². The molecule has 3 aliphatic heterocycles. The fourth-order valence-corrected chi connectivity index (χ4v) is 8.77. The van der Waals surface area contributed by atoms with Crippen molar-refractivity contribution in [2.75, 3.05) is 4.90 Å². The summed E-state index contributed by atoms with van der Waals surface area (Å²) in [5.74, 6) is -0.195. The monoisotopic (exact) mass is 554 g/mol. The number of halogens is 1. The van der Waals surface area contributed by atoms with Crippen LogP contribution < -0.4 is 15.8 Å². The minimum Gasteiger partial charge on any atom is -0.311 e. The van der Waals surface area contributed by atoms with Gasteiger partial charge in [0.05, 0.1) is 11.2 Å². The molecule has 0 amide bonds. The van der Waals surface area contributed by atoms with Crippen molar-refractivity contribution in [3.8, 4) is 16.8 Å². The molecule has 0 spiro atoms. The molecule has 204 valence electrons. The molecule has 0 saturated heterocycles. The van der Waals surface area contributed by atoms with Crippen LogP contribution >= 0.6 is 0 Å². The maximum Gasteiger partial charge on any atom is 0.251 e. The van der Waals surface area contributed by atoms with E-state index in [2.05, 4.69) is 108 Å². The number of rotatable bonds is 1. The van der Waals surface area contributed by atoms with Crippen LogP contribution in [0, 0.1) is 5.82 Å². The van der Waals surface area contributed by atoms with Crippen LogP contribution in [-0.2, 0) is 5.41 Å². The number of benzene rings is 5. The van der Waals surface area contributed by atoms with E-state index in [9.17, 15) is 0 Å². The number of nitrogens with zero attached hydrogens (tertiary/aromatic N) is 2. The highest BCUT2D eigenvalue weighted by atomic mass is 19.1. The van der Waals surface area contributed by atoms with Crippen LogP contribution in [0.3, 0.4) is 0 Å². The number of anilines is 2. The van der Waals surface area contributed by atoms with Gasteiger partial charge >= 0.3 is 0 Å². The average Bonchev–Trinajstić information content (AvgIpc) is 3.38. The fraction of sp³-hybridized carbons (Fsp3) is 0.128. The van der Waals surface area contributed by atoms with E-state index in [1.54, 1.807) is 12.1 Å². The Morgan fingerprint density at radius 3 is 2.44 bits per heavy atom. The van der Waals surface area contributed by atoms with Crippen LogP contribution in [0.15, 0.2) is 126 Å². The summed E-state index contributed by atoms with van der Waals surface area (Å²) < 4.78 is 18.0. The standard InChI is InChI=1S/C39H28BFN2/c1-39(2)27-14-5-8-20-33(27)43-35-22-23(24-11-3-6-18-31(24)41)21-34-36(35)40(30-17-10-15-28(39)38(30)43)29-16-9-13-26-25-12-4-7-19-32(25)42(34)37(26)29/h3-9,11-14,16-22H,10,15H2,1-2H3. The minimum absolute atomic E-state index is 0.0823. The molecule has 1 aliphatic carbocycles. The Morgan fingerprint density at radius 1 is 0.767 bits per heavy atom. The van der Waals surface area contributed by atoms with Crippen molar-refractivity contribution in [1.82, 2.24) is 4.57 Å². The van der Waals surface area contributed by atoms with E-state index in [1.165, 1.54) is 60.7 Å². The fourth-order valence-electron chi connectivity index (χ4n) is 8.77. The lowest BCUT2D eigenvalue weighted by atomic mass is 9.32. The van der Waals surface area contributed by atoms with Gasteiger partial charge in [-0.2, -0.15) is 0 Å². The second-order valence-corrected chi connectivity index (χ2v) is 12.9. The predicted octanol–water partition coefficient (Wildman–Crippen LogP) is 8.47. The Morgan fingerprint density at radius 2 is 1.53 bits per heavy atom. The molecule has 4 heteroatoms. The van der Waals surface area contributed by atoms with Gasteiger partial charge in [0.15, 0.2) is 0 Å². The van der Waals surface area contributed by atoms with Crippen LogP contribution in [0.25, 0.3) is 38.6 Å². The van der Waals surface area contributed by atoms with Gasteiger partial charge in [-0.15, -0.1) is 0 Å². The molecule has 2 nitrogen and oxygen atoms in total. The molecular formula is C39H28BFN2. The van der Waals surface area contributed by atoms with Crippen LogP contribution in [0.5, 0.6) is 0 Å². The Kier molecular flexibility index (Phi) is 4.39. The molecule has 1 aromatic heterocycles. The van der Waals surface area contributed by atoms with Gasteiger partial charge in [0.1, 0.15) is 5.82 Å². The molecule has 0 atom stereocenters. The Labute approximate surface area is 250 Å². The lowest BCUT2D eigenvalue weighted by molar-refractivity contribution is 0.569. The van der Waals surface area contributed by atoms with Crippen molar-refractivity contribution in [2.24, 2.45) is 0 Å². The Bertz CT molecular complexity index is 2300. The summed E-state index contributed by atoms with van der Waals surface area (Å²) in [4.78, 5) is 2.53. The first kappa shape index (κ1) is 23.7. The third-order valence-corrected chi connectivity index (χ3v) is 10.6. The number of para-hydroxylation sites is 3. The molecule has 0 N–H and O–H groups in total. The summed E-state index contributed by atoms with van der Waals surface area (Å²) in [6.45, 7) is 4.90. The zero-order valence-electron chi connectivity index (χ0n) is 24.2. The van der Waals surface area contributed by atoms with E-state index in [1.807, 2.05) is 12.1 Å². The lowest BCUT2D eigenvalue weighted by Gasteiger charge is -2.51. The molecule has 43 heavy (non-hydrogen) atoms. The Hall–Kier alpha value is -4.83. The van der Waals surface area contributed by atoms with Crippen molar-refractivity contribution in [2.45, 2.75) is 32.1 Å². The summed E-state index contributed by atoms with van der Waals surface area (Å²) >= 11 is 0. The molecule has 0 bridgehead atoms. The van der Waals surface area contributed by atoms with Gasteiger partial charge in [-0.3, -0.25) is 0 Å². The summed E-state index contributed by atoms with van der Waals surface area (Å²) in [5, 5.41) is 2.53.